The zero-order valence-corrected chi connectivity index (χ0v) is 57.7. The zero-order chi connectivity index (χ0) is 71.0. The highest BCUT2D eigenvalue weighted by Crippen LogP contribution is 2.34. The Morgan fingerprint density at radius 1 is 0.551 bits per heavy atom. The predicted octanol–water partition coefficient (Wildman–Crippen LogP) is 10.8. The molecule has 3 saturated heterocycles. The number of unbranched alkanes of at least 4 members (excludes halogenated alkanes) is 1. The van der Waals surface area contributed by atoms with E-state index in [1.807, 2.05) is 4.90 Å². The number of rotatable bonds is 24. The summed E-state index contributed by atoms with van der Waals surface area (Å²) in [6.07, 6.45) is 12.2. The number of nitrogens with one attached hydrogen (secondary N) is 7. The van der Waals surface area contributed by atoms with Crippen LogP contribution in [0.3, 0.4) is 0 Å². The second-order valence-corrected chi connectivity index (χ2v) is 30.0. The van der Waals surface area contributed by atoms with Gasteiger partial charge in [-0.1, -0.05) is 41.0 Å². The average molecular weight is 1490 g/mol. The molecule has 98 heavy (non-hydrogen) atoms. The number of halogens is 7. The Bertz CT molecular complexity index is 4600. The third kappa shape index (κ3) is 17.3. The molecule has 524 valence electrons. The summed E-state index contributed by atoms with van der Waals surface area (Å²) in [6.45, 7) is 14.9. The first-order chi connectivity index (χ1) is 46.6. The predicted molar refractivity (Wildman–Crippen MR) is 366 cm³/mol. The van der Waals surface area contributed by atoms with Crippen molar-refractivity contribution in [3.63, 3.8) is 0 Å². The third-order valence-electron chi connectivity index (χ3n) is 15.7. The van der Waals surface area contributed by atoms with Crippen molar-refractivity contribution in [2.24, 2.45) is 5.92 Å². The Hall–Kier alpha value is -8.47. The van der Waals surface area contributed by atoms with Crippen LogP contribution >= 0.6 is 15.9 Å². The lowest BCUT2D eigenvalue weighted by molar-refractivity contribution is 0.0175. The maximum Gasteiger partial charge on any atom is 0.232 e. The van der Waals surface area contributed by atoms with Crippen molar-refractivity contribution in [2.45, 2.75) is 78.9 Å². The molecule has 0 aliphatic carbocycles. The van der Waals surface area contributed by atoms with Crippen molar-refractivity contribution in [1.82, 2.24) is 35.2 Å². The monoisotopic (exact) mass is 1480 g/mol. The summed E-state index contributed by atoms with van der Waals surface area (Å²) in [5, 5.41) is 13.8. The van der Waals surface area contributed by atoms with Gasteiger partial charge in [-0.05, 0) is 102 Å². The largest absolute Gasteiger partial charge is 0.389 e. The molecule has 12 rings (SSSR count). The molecule has 8 N–H and O–H groups in total. The molecule has 9 aromatic rings. The number of pyridine rings is 3. The van der Waals surface area contributed by atoms with Crippen LogP contribution < -0.4 is 29.3 Å². The van der Waals surface area contributed by atoms with Gasteiger partial charge in [-0.25, -0.2) is 66.5 Å². The van der Waals surface area contributed by atoms with E-state index in [2.05, 4.69) is 84.1 Å². The molecule has 6 aromatic heterocycles. The highest BCUT2D eigenvalue weighted by molar-refractivity contribution is 9.10. The number of benzene rings is 3. The van der Waals surface area contributed by atoms with Gasteiger partial charge < -0.3 is 39.9 Å². The van der Waals surface area contributed by atoms with Crippen LogP contribution in [-0.4, -0.2) is 153 Å². The van der Waals surface area contributed by atoms with Crippen LogP contribution in [0.15, 0.2) is 96.3 Å². The fraction of sp³-hybridized carbons (Fsp3) is 0.354. The summed E-state index contributed by atoms with van der Waals surface area (Å²) >= 11 is 3.23. The lowest BCUT2D eigenvalue weighted by atomic mass is 10.00. The van der Waals surface area contributed by atoms with Gasteiger partial charge >= 0.3 is 0 Å². The second-order valence-electron chi connectivity index (χ2n) is 23.5. The quantitative estimate of drug-likeness (QED) is 0.0158. The molecule has 9 heterocycles. The molecule has 0 atom stereocenters. The summed E-state index contributed by atoms with van der Waals surface area (Å²) < 4.78 is 172. The number of ether oxygens (including phenoxy) is 1. The van der Waals surface area contributed by atoms with Gasteiger partial charge in [0.2, 0.25) is 47.4 Å². The minimum Gasteiger partial charge on any atom is -0.389 e. The summed E-state index contributed by atoms with van der Waals surface area (Å²) in [7, 11) is -11.4. The number of hydrogen-bond donors (Lipinski definition) is 8. The van der Waals surface area contributed by atoms with E-state index in [0.717, 1.165) is 74.9 Å². The number of aliphatic hydroxyl groups excluding tert-OH is 1. The molecule has 3 aliphatic heterocycles. The van der Waals surface area contributed by atoms with E-state index in [4.69, 9.17) is 4.74 Å². The van der Waals surface area contributed by atoms with Crippen LogP contribution in [0, 0.1) is 40.8 Å². The lowest BCUT2D eigenvalue weighted by Gasteiger charge is -2.38. The fourth-order valence-electron chi connectivity index (χ4n) is 10.6. The number of aromatic nitrogens is 6. The number of β-amino-alcohol motifs (C(OH)–C–C–N with tert-alkyl or cyclic N) is 1. The van der Waals surface area contributed by atoms with Gasteiger partial charge in [0.1, 0.15) is 34.4 Å². The molecule has 0 amide bonds. The minimum atomic E-state index is -3.83. The van der Waals surface area contributed by atoms with Crippen LogP contribution in [0.2, 0.25) is 0 Å². The Kier molecular flexibility index (Phi) is 23.8. The SMILES string of the molecule is CCCCOC1CNC1.CCCS(=O)(=O)Nc1ccc(F)c(C(=O)c2c[nH]c3ncc(Br)cc23)c1F.CCCS(=O)(=O)Nc1ccc(F)c(C(=O)c2c[nH]c3ncc(N4CC(C)C4)cc23)c1F.CCCS(=O)(=O)Nc1ccc(F)c(C(=O)c2c[nH]c3ncc(N4CC(O)C4)cc23)c1F. The van der Waals surface area contributed by atoms with Gasteiger partial charge in [-0.2, -0.15) is 0 Å². The number of anilines is 5. The van der Waals surface area contributed by atoms with Gasteiger partial charge in [-0.3, -0.25) is 28.5 Å². The van der Waals surface area contributed by atoms with E-state index in [1.54, 1.807) is 51.4 Å². The molecule has 23 nitrogen and oxygen atoms in total. The number of aliphatic hydroxyl groups is 1. The molecule has 0 unspecified atom stereocenters. The van der Waals surface area contributed by atoms with Gasteiger partial charge in [0.15, 0.2) is 17.5 Å². The van der Waals surface area contributed by atoms with Crippen molar-refractivity contribution in [3.8, 4) is 0 Å². The van der Waals surface area contributed by atoms with E-state index < -0.39 is 122 Å². The normalized spacial score (nSPS) is 14.3. The van der Waals surface area contributed by atoms with E-state index in [-0.39, 0.29) is 33.9 Å². The molecule has 33 heteroatoms. The Morgan fingerprint density at radius 3 is 1.23 bits per heavy atom. The van der Waals surface area contributed by atoms with Crippen LogP contribution in [-0.2, 0) is 34.8 Å². The van der Waals surface area contributed by atoms with E-state index in [0.29, 0.717) is 87.6 Å². The van der Waals surface area contributed by atoms with E-state index in [1.165, 1.54) is 37.6 Å². The van der Waals surface area contributed by atoms with Gasteiger partial charge in [-0.15, -0.1) is 0 Å². The van der Waals surface area contributed by atoms with E-state index >= 15 is 8.78 Å². The highest BCUT2D eigenvalue weighted by Gasteiger charge is 2.32. The summed E-state index contributed by atoms with van der Waals surface area (Å²) in [5.41, 5.74) is -1.25. The second kappa shape index (κ2) is 31.6. The maximum atomic E-state index is 15.0. The van der Waals surface area contributed by atoms with Crippen LogP contribution in [0.25, 0.3) is 33.1 Å². The van der Waals surface area contributed by atoms with Gasteiger partial charge in [0, 0.05) is 108 Å². The number of aromatic amines is 3. The van der Waals surface area contributed by atoms with Crippen LogP contribution in [0.4, 0.5) is 54.8 Å². The number of H-pyrrole nitrogens is 3. The number of fused-ring (bicyclic) bond motifs is 3. The Morgan fingerprint density at radius 2 is 0.908 bits per heavy atom. The number of sulfonamides is 3. The van der Waals surface area contributed by atoms with Crippen molar-refractivity contribution in [1.29, 1.82) is 0 Å². The summed E-state index contributed by atoms with van der Waals surface area (Å²) in [4.78, 5) is 63.9. The fourth-order valence-corrected chi connectivity index (χ4v) is 14.3. The smallest absolute Gasteiger partial charge is 0.232 e. The zero-order valence-electron chi connectivity index (χ0n) is 53.6. The van der Waals surface area contributed by atoms with Gasteiger partial charge in [0.05, 0.1) is 87.0 Å². The van der Waals surface area contributed by atoms with Crippen LogP contribution in [0.5, 0.6) is 0 Å². The van der Waals surface area contributed by atoms with Crippen molar-refractivity contribution >= 4 is 125 Å². The summed E-state index contributed by atoms with van der Waals surface area (Å²) in [5.74, 6) is -9.96. The standard InChI is InChI=1S/C21H22F2N4O3S.C20H20F2N4O4S.C17H14BrF2N3O3S.C7H15NO/c1-3-6-31(29,30)26-17-5-4-16(22)18(19(17)23)20(28)15-9-25-21-14(15)7-13(8-24-21)27-10-12(2)11-27;1-2-5-31(29,30)25-16-4-3-15(21)17(18(16)22)19(28)14-8-24-20-13(14)6-11(7-23-20)26-9-12(27)10-26;1-2-5-27(25,26)23-13-4-3-12(19)14(15(13)20)16(24)11-8-22-17-10(11)6-9(18)7-21-17;1-2-3-4-9-7-5-8-6-7/h4-5,7-9,12,26H,3,6,10-11H2,1-2H3,(H,24,25);3-4,6-8,12,25,27H,2,5,9-10H2,1H3,(H,23,24);3-4,6-8,23H,2,5H2,1H3,(H,21,22);7-8H,2-6H2,1H3. The lowest BCUT2D eigenvalue weighted by Crippen LogP contribution is -2.50. The summed E-state index contributed by atoms with van der Waals surface area (Å²) in [6, 6.07) is 10.4. The topological polar surface area (TPSA) is 324 Å². The minimum absolute atomic E-state index is 0.00297. The number of hydrogen-bond acceptors (Lipinski definition) is 17. The maximum absolute atomic E-state index is 15.0. The third-order valence-corrected chi connectivity index (χ3v) is 20.6. The van der Waals surface area contributed by atoms with E-state index in [9.17, 15) is 62.3 Å². The van der Waals surface area contributed by atoms with Crippen molar-refractivity contribution in [3.05, 3.63) is 165 Å². The Balaban J connectivity index is 0.000000162. The Labute approximate surface area is 569 Å². The molecule has 0 bridgehead atoms. The molecule has 3 aromatic carbocycles. The number of ketones is 3. The molecule has 3 fully saturated rings. The van der Waals surface area contributed by atoms with Crippen molar-refractivity contribution in [2.75, 3.05) is 87.1 Å². The van der Waals surface area contributed by atoms with Crippen LogP contribution in [0.1, 0.15) is 114 Å². The molecule has 3 aliphatic rings. The average Bonchev–Trinajstić information content (AvgIpc) is 1.53. The molecular formula is C65H71BrF6N12O11S3. The molecule has 0 spiro atoms. The first kappa shape index (κ1) is 73.8. The van der Waals surface area contributed by atoms with Gasteiger partial charge in [0.25, 0.3) is 0 Å². The first-order valence-corrected chi connectivity index (χ1v) is 37.0. The number of carbonyl (C=O) groups is 3. The number of carbonyl (C=O) groups excluding carboxylic acids is 3. The number of nitrogens with zero attached hydrogens (tertiary/aromatic N) is 5. The molecule has 0 saturated carbocycles. The molecular weight excluding hydrogens is 1410 g/mol. The van der Waals surface area contributed by atoms with Crippen molar-refractivity contribution < 1.29 is 75.8 Å². The first-order valence-electron chi connectivity index (χ1n) is 31.2. The highest BCUT2D eigenvalue weighted by atomic mass is 79.9. The molecule has 0 radical (unpaired) electrons.